The summed E-state index contributed by atoms with van der Waals surface area (Å²) in [4.78, 5) is 22.6. The van der Waals surface area contributed by atoms with Gasteiger partial charge in [0.1, 0.15) is 12.7 Å². The maximum absolute atomic E-state index is 13.6. The van der Waals surface area contributed by atoms with E-state index >= 15 is 0 Å². The smallest absolute Gasteiger partial charge is 0.256 e. The third kappa shape index (κ3) is 3.37. The van der Waals surface area contributed by atoms with Crippen LogP contribution in [0.2, 0.25) is 0 Å². The van der Waals surface area contributed by atoms with Gasteiger partial charge in [0.25, 0.3) is 5.91 Å². The second-order valence-electron chi connectivity index (χ2n) is 8.98. The van der Waals surface area contributed by atoms with Gasteiger partial charge in [-0.15, -0.1) is 0 Å². The van der Waals surface area contributed by atoms with Crippen molar-refractivity contribution >= 4 is 5.91 Å². The van der Waals surface area contributed by atoms with Crippen molar-refractivity contribution in [1.29, 1.82) is 0 Å². The van der Waals surface area contributed by atoms with Crippen LogP contribution in [0.5, 0.6) is 0 Å². The van der Waals surface area contributed by atoms with Gasteiger partial charge in [-0.2, -0.15) is 5.10 Å². The zero-order chi connectivity index (χ0) is 19.8. The normalized spacial score (nSPS) is 29.5. The summed E-state index contributed by atoms with van der Waals surface area (Å²) in [5.41, 5.74) is 1.54. The molecule has 3 aliphatic heterocycles. The fraction of sp³-hybridized carbons (Fsp3) is 0.609. The first-order valence-electron chi connectivity index (χ1n) is 11.2. The number of hydrogen-bond acceptors (Lipinski definition) is 4. The van der Waals surface area contributed by atoms with E-state index in [0.29, 0.717) is 23.9 Å². The Hall–Kier alpha value is -2.21. The van der Waals surface area contributed by atoms with Gasteiger partial charge >= 0.3 is 0 Å². The lowest BCUT2D eigenvalue weighted by atomic mass is 9.71. The number of para-hydroxylation sites is 1. The molecule has 2 aromatic rings. The minimum atomic E-state index is 0.144. The van der Waals surface area contributed by atoms with Gasteiger partial charge < -0.3 is 4.90 Å². The number of amides is 1. The minimum absolute atomic E-state index is 0.144. The van der Waals surface area contributed by atoms with E-state index in [1.807, 2.05) is 24.3 Å². The van der Waals surface area contributed by atoms with Crippen molar-refractivity contribution in [2.75, 3.05) is 19.6 Å². The van der Waals surface area contributed by atoms with Crippen LogP contribution in [0.15, 0.2) is 36.9 Å². The average Bonchev–Trinajstić information content (AvgIpc) is 3.31. The molecular formula is C23H31N5O. The maximum Gasteiger partial charge on any atom is 0.256 e. The first-order valence-corrected chi connectivity index (χ1v) is 11.2. The summed E-state index contributed by atoms with van der Waals surface area (Å²) < 4.78 is 1.70. The SMILES string of the molecule is CCC[C@H]1[C@H]2C[C@H](CN(C(=O)c3ccccc3-n3cncn3)C2)[C@@H]2CCCCN21. The Kier molecular flexibility index (Phi) is 5.12. The molecule has 0 aliphatic carbocycles. The number of fused-ring (bicyclic) bond motifs is 4. The van der Waals surface area contributed by atoms with Crippen LogP contribution in [-0.4, -0.2) is 62.2 Å². The highest BCUT2D eigenvalue weighted by Crippen LogP contribution is 2.42. The van der Waals surface area contributed by atoms with E-state index < -0.39 is 0 Å². The van der Waals surface area contributed by atoms with Crippen molar-refractivity contribution in [3.05, 3.63) is 42.5 Å². The van der Waals surface area contributed by atoms with Crippen LogP contribution in [-0.2, 0) is 0 Å². The quantitative estimate of drug-likeness (QED) is 0.799. The van der Waals surface area contributed by atoms with Crippen molar-refractivity contribution < 1.29 is 4.79 Å². The van der Waals surface area contributed by atoms with E-state index in [1.165, 1.54) is 51.4 Å². The highest BCUT2D eigenvalue weighted by molar-refractivity contribution is 5.97. The van der Waals surface area contributed by atoms with E-state index in [2.05, 4.69) is 26.8 Å². The molecule has 5 rings (SSSR count). The Labute approximate surface area is 172 Å². The van der Waals surface area contributed by atoms with Crippen LogP contribution >= 0.6 is 0 Å². The molecule has 1 aromatic heterocycles. The highest BCUT2D eigenvalue weighted by Gasteiger charge is 2.47. The average molecular weight is 394 g/mol. The molecule has 0 radical (unpaired) electrons. The molecule has 1 amide bonds. The Morgan fingerprint density at radius 2 is 2.03 bits per heavy atom. The molecule has 4 heterocycles. The molecule has 0 N–H and O–H groups in total. The van der Waals surface area contributed by atoms with E-state index in [1.54, 1.807) is 11.0 Å². The van der Waals surface area contributed by atoms with Crippen molar-refractivity contribution in [2.24, 2.45) is 11.8 Å². The predicted octanol–water partition coefficient (Wildman–Crippen LogP) is 3.38. The number of carbonyl (C=O) groups excluding carboxylic acids is 1. The summed E-state index contributed by atoms with van der Waals surface area (Å²) in [6.45, 7) is 5.33. The standard InChI is InChI=1S/C23H31N5O/c1-2-7-20-17-12-18(21-9-5-6-11-27(20)21)14-26(13-17)23(29)19-8-3-4-10-22(19)28-16-24-15-25-28/h3-4,8,10,15-18,20-21H,2,5-7,9,11-14H2,1H3/t17-,18+,20-,21-/m0/s1. The van der Waals surface area contributed by atoms with Gasteiger partial charge in [0.05, 0.1) is 11.3 Å². The highest BCUT2D eigenvalue weighted by atomic mass is 16.2. The van der Waals surface area contributed by atoms with Gasteiger partial charge in [0.2, 0.25) is 0 Å². The third-order valence-electron chi connectivity index (χ3n) is 7.29. The van der Waals surface area contributed by atoms with Crippen molar-refractivity contribution in [3.63, 3.8) is 0 Å². The molecule has 2 bridgehead atoms. The van der Waals surface area contributed by atoms with Crippen LogP contribution in [0.25, 0.3) is 5.69 Å². The molecule has 4 atom stereocenters. The molecule has 29 heavy (non-hydrogen) atoms. The number of nitrogens with zero attached hydrogens (tertiary/aromatic N) is 5. The Morgan fingerprint density at radius 1 is 1.17 bits per heavy atom. The van der Waals surface area contributed by atoms with Crippen LogP contribution in [0, 0.1) is 11.8 Å². The van der Waals surface area contributed by atoms with Crippen molar-refractivity contribution in [3.8, 4) is 5.69 Å². The number of aromatic nitrogens is 3. The number of likely N-dealkylation sites (tertiary alicyclic amines) is 1. The summed E-state index contributed by atoms with van der Waals surface area (Å²) in [5, 5.41) is 4.25. The Morgan fingerprint density at radius 3 is 2.86 bits per heavy atom. The Balaban J connectivity index is 1.43. The number of rotatable bonds is 4. The molecule has 6 heteroatoms. The first-order chi connectivity index (χ1) is 14.3. The molecule has 1 aromatic carbocycles. The first kappa shape index (κ1) is 18.8. The van der Waals surface area contributed by atoms with Gasteiger partial charge in [0, 0.05) is 25.2 Å². The monoisotopic (exact) mass is 393 g/mol. The van der Waals surface area contributed by atoms with Crippen LogP contribution in [0.1, 0.15) is 55.8 Å². The number of carbonyl (C=O) groups is 1. The van der Waals surface area contributed by atoms with E-state index in [-0.39, 0.29) is 5.91 Å². The second-order valence-corrected chi connectivity index (χ2v) is 8.98. The summed E-state index contributed by atoms with van der Waals surface area (Å²) in [7, 11) is 0. The molecule has 0 saturated carbocycles. The third-order valence-corrected chi connectivity index (χ3v) is 7.29. The zero-order valence-corrected chi connectivity index (χ0v) is 17.3. The van der Waals surface area contributed by atoms with Crippen LogP contribution < -0.4 is 0 Å². The van der Waals surface area contributed by atoms with Crippen molar-refractivity contribution in [1.82, 2.24) is 24.6 Å². The fourth-order valence-corrected chi connectivity index (χ4v) is 6.13. The van der Waals surface area contributed by atoms with Gasteiger partial charge in [0.15, 0.2) is 0 Å². The molecular weight excluding hydrogens is 362 g/mol. The van der Waals surface area contributed by atoms with Gasteiger partial charge in [-0.1, -0.05) is 31.9 Å². The van der Waals surface area contributed by atoms with Gasteiger partial charge in [-0.3, -0.25) is 9.69 Å². The predicted molar refractivity (Wildman–Crippen MR) is 112 cm³/mol. The van der Waals surface area contributed by atoms with Crippen LogP contribution in [0.4, 0.5) is 0 Å². The topological polar surface area (TPSA) is 54.3 Å². The second kappa shape index (κ2) is 7.90. The lowest BCUT2D eigenvalue weighted by Gasteiger charge is -2.57. The van der Waals surface area contributed by atoms with Gasteiger partial charge in [-0.05, 0) is 56.2 Å². The lowest BCUT2D eigenvalue weighted by Crippen LogP contribution is -2.64. The molecule has 3 saturated heterocycles. The van der Waals surface area contributed by atoms with E-state index in [0.717, 1.165) is 24.3 Å². The minimum Gasteiger partial charge on any atom is -0.338 e. The summed E-state index contributed by atoms with van der Waals surface area (Å²) in [6, 6.07) is 9.09. The fourth-order valence-electron chi connectivity index (χ4n) is 6.13. The lowest BCUT2D eigenvalue weighted by molar-refractivity contribution is -0.0670. The Bertz CT molecular complexity index is 851. The number of benzene rings is 1. The molecule has 3 aliphatic rings. The zero-order valence-electron chi connectivity index (χ0n) is 17.3. The number of hydrogen-bond donors (Lipinski definition) is 0. The largest absolute Gasteiger partial charge is 0.338 e. The summed E-state index contributed by atoms with van der Waals surface area (Å²) >= 11 is 0. The van der Waals surface area contributed by atoms with Crippen LogP contribution in [0.3, 0.4) is 0 Å². The summed E-state index contributed by atoms with van der Waals surface area (Å²) in [6.07, 6.45) is 10.9. The molecule has 154 valence electrons. The molecule has 0 spiro atoms. The van der Waals surface area contributed by atoms with Crippen molar-refractivity contribution in [2.45, 2.75) is 57.5 Å². The van der Waals surface area contributed by atoms with E-state index in [4.69, 9.17) is 0 Å². The molecule has 6 nitrogen and oxygen atoms in total. The van der Waals surface area contributed by atoms with Gasteiger partial charge in [-0.25, -0.2) is 9.67 Å². The molecule has 0 unspecified atom stereocenters. The maximum atomic E-state index is 13.6. The number of piperidine rings is 3. The van der Waals surface area contributed by atoms with E-state index in [9.17, 15) is 4.79 Å². The molecule has 3 fully saturated rings. The summed E-state index contributed by atoms with van der Waals surface area (Å²) in [5.74, 6) is 1.36.